The highest BCUT2D eigenvalue weighted by Crippen LogP contribution is 2.26. The van der Waals surface area contributed by atoms with Crippen LogP contribution in [0.5, 0.6) is 0 Å². The van der Waals surface area contributed by atoms with E-state index in [4.69, 9.17) is 11.6 Å². The average molecular weight is 252 g/mol. The average Bonchev–Trinajstić information content (AvgIpc) is 2.32. The van der Waals surface area contributed by atoms with Crippen molar-refractivity contribution in [2.45, 2.75) is 13.0 Å². The summed E-state index contributed by atoms with van der Waals surface area (Å²) < 4.78 is 13.5. The van der Waals surface area contributed by atoms with Gasteiger partial charge in [-0.15, -0.1) is 0 Å². The highest BCUT2D eigenvalue weighted by molar-refractivity contribution is 6.31. The molecule has 1 aromatic carbocycles. The lowest BCUT2D eigenvalue weighted by molar-refractivity contribution is 0.214. The van der Waals surface area contributed by atoms with E-state index >= 15 is 0 Å². The molecular weight excluding hydrogens is 241 g/mol. The minimum atomic E-state index is -1.01. The Morgan fingerprint density at radius 1 is 1.35 bits per heavy atom. The number of rotatable bonds is 2. The van der Waals surface area contributed by atoms with Crippen LogP contribution < -0.4 is 0 Å². The van der Waals surface area contributed by atoms with Crippen LogP contribution >= 0.6 is 11.6 Å². The number of nitrogens with zero attached hydrogens (tertiary/aromatic N) is 1. The molecule has 88 valence electrons. The van der Waals surface area contributed by atoms with Crippen molar-refractivity contribution in [1.82, 2.24) is 4.98 Å². The van der Waals surface area contributed by atoms with Gasteiger partial charge in [0.15, 0.2) is 0 Å². The lowest BCUT2D eigenvalue weighted by Gasteiger charge is -2.13. The van der Waals surface area contributed by atoms with E-state index < -0.39 is 11.9 Å². The zero-order chi connectivity index (χ0) is 12.4. The van der Waals surface area contributed by atoms with Crippen LogP contribution in [0, 0.1) is 12.7 Å². The fraction of sp³-hybridized carbons (Fsp3) is 0.154. The van der Waals surface area contributed by atoms with Crippen molar-refractivity contribution < 1.29 is 9.50 Å². The number of aromatic nitrogens is 1. The molecule has 0 amide bonds. The van der Waals surface area contributed by atoms with E-state index in [9.17, 15) is 9.50 Å². The summed E-state index contributed by atoms with van der Waals surface area (Å²) >= 11 is 5.90. The van der Waals surface area contributed by atoms with E-state index in [-0.39, 0.29) is 5.56 Å². The van der Waals surface area contributed by atoms with E-state index in [0.717, 1.165) is 11.8 Å². The molecule has 2 rings (SSSR count). The number of halogens is 2. The fourth-order valence-corrected chi connectivity index (χ4v) is 1.74. The molecule has 0 radical (unpaired) electrons. The Bertz CT molecular complexity index is 545. The molecule has 0 spiro atoms. The normalized spacial score (nSPS) is 12.5. The van der Waals surface area contributed by atoms with Crippen LogP contribution in [0.25, 0.3) is 0 Å². The lowest BCUT2D eigenvalue weighted by atomic mass is 10.0. The molecule has 0 aliphatic rings. The second-order valence-corrected chi connectivity index (χ2v) is 4.22. The number of aliphatic hydroxyl groups is 1. The zero-order valence-electron chi connectivity index (χ0n) is 9.19. The maximum absolute atomic E-state index is 13.5. The van der Waals surface area contributed by atoms with Gasteiger partial charge >= 0.3 is 0 Å². The molecule has 0 saturated heterocycles. The van der Waals surface area contributed by atoms with Gasteiger partial charge in [0.2, 0.25) is 0 Å². The maximum atomic E-state index is 13.5. The van der Waals surface area contributed by atoms with Gasteiger partial charge in [0, 0.05) is 16.8 Å². The van der Waals surface area contributed by atoms with Gasteiger partial charge < -0.3 is 5.11 Å². The number of benzene rings is 1. The summed E-state index contributed by atoms with van der Waals surface area (Å²) in [6.45, 7) is 1.83. The molecule has 1 N–H and O–H groups in total. The summed E-state index contributed by atoms with van der Waals surface area (Å²) in [7, 11) is 0. The Labute approximate surface area is 104 Å². The summed E-state index contributed by atoms with van der Waals surface area (Å²) in [6, 6.07) is 6.57. The van der Waals surface area contributed by atoms with Crippen molar-refractivity contribution in [3.63, 3.8) is 0 Å². The Morgan fingerprint density at radius 3 is 2.76 bits per heavy atom. The molecule has 0 aliphatic carbocycles. The predicted octanol–water partition coefficient (Wildman–Crippen LogP) is 3.26. The molecule has 0 fully saturated rings. The maximum Gasteiger partial charge on any atom is 0.147 e. The first-order valence-corrected chi connectivity index (χ1v) is 5.51. The molecule has 17 heavy (non-hydrogen) atoms. The first-order chi connectivity index (χ1) is 8.09. The molecule has 0 bridgehead atoms. The van der Waals surface area contributed by atoms with E-state index in [0.29, 0.717) is 10.6 Å². The number of hydrogen-bond acceptors (Lipinski definition) is 2. The van der Waals surface area contributed by atoms with Crippen LogP contribution in [-0.4, -0.2) is 10.1 Å². The molecule has 2 nitrogen and oxygen atoms in total. The molecule has 2 aromatic rings. The van der Waals surface area contributed by atoms with Crippen molar-refractivity contribution >= 4 is 11.6 Å². The van der Waals surface area contributed by atoms with E-state index in [1.54, 1.807) is 18.2 Å². The standard InChI is InChI=1S/C13H11ClFNO/c1-8-6-9(2-3-11(8)14)13(17)10-4-5-16-7-12(10)15/h2-7,13,17H,1H3. The first-order valence-electron chi connectivity index (χ1n) is 5.13. The number of hydrogen-bond donors (Lipinski definition) is 1. The van der Waals surface area contributed by atoms with Crippen LogP contribution in [-0.2, 0) is 0 Å². The Kier molecular flexibility index (Phi) is 3.41. The molecule has 1 aromatic heterocycles. The quantitative estimate of drug-likeness (QED) is 0.889. The number of aryl methyl sites for hydroxylation is 1. The molecule has 1 heterocycles. The van der Waals surface area contributed by atoms with Crippen molar-refractivity contribution in [1.29, 1.82) is 0 Å². The summed E-state index contributed by atoms with van der Waals surface area (Å²) in [5.41, 5.74) is 1.66. The van der Waals surface area contributed by atoms with Gasteiger partial charge in [0.25, 0.3) is 0 Å². The summed E-state index contributed by atoms with van der Waals surface area (Å²) in [4.78, 5) is 3.65. The van der Waals surface area contributed by atoms with Gasteiger partial charge in [-0.25, -0.2) is 4.39 Å². The summed E-state index contributed by atoms with van der Waals surface area (Å²) in [5.74, 6) is -0.521. The van der Waals surface area contributed by atoms with E-state index in [1.807, 2.05) is 6.92 Å². The van der Waals surface area contributed by atoms with Crippen LogP contribution in [0.15, 0.2) is 36.7 Å². The second-order valence-electron chi connectivity index (χ2n) is 3.81. The molecule has 0 saturated carbocycles. The number of aliphatic hydroxyl groups excluding tert-OH is 1. The molecule has 4 heteroatoms. The van der Waals surface area contributed by atoms with Crippen LogP contribution in [0.2, 0.25) is 5.02 Å². The van der Waals surface area contributed by atoms with E-state index in [2.05, 4.69) is 4.98 Å². The van der Waals surface area contributed by atoms with Crippen molar-refractivity contribution in [3.05, 3.63) is 64.2 Å². The lowest BCUT2D eigenvalue weighted by Crippen LogP contribution is -2.03. The minimum absolute atomic E-state index is 0.210. The third-order valence-corrected chi connectivity index (χ3v) is 3.02. The fourth-order valence-electron chi connectivity index (χ4n) is 1.63. The van der Waals surface area contributed by atoms with Crippen molar-refractivity contribution in [2.24, 2.45) is 0 Å². The van der Waals surface area contributed by atoms with Gasteiger partial charge in [-0.3, -0.25) is 4.98 Å². The first kappa shape index (κ1) is 12.0. The van der Waals surface area contributed by atoms with Crippen LogP contribution in [0.4, 0.5) is 4.39 Å². The second kappa shape index (κ2) is 4.82. The largest absolute Gasteiger partial charge is 0.384 e. The SMILES string of the molecule is Cc1cc(C(O)c2ccncc2F)ccc1Cl. The van der Waals surface area contributed by atoms with Gasteiger partial charge in [0.1, 0.15) is 11.9 Å². The van der Waals surface area contributed by atoms with Gasteiger partial charge in [-0.1, -0.05) is 23.7 Å². The van der Waals surface area contributed by atoms with Crippen molar-refractivity contribution in [3.8, 4) is 0 Å². The van der Waals surface area contributed by atoms with Crippen molar-refractivity contribution in [2.75, 3.05) is 0 Å². The Balaban J connectivity index is 2.40. The topological polar surface area (TPSA) is 33.1 Å². The van der Waals surface area contributed by atoms with E-state index in [1.165, 1.54) is 12.3 Å². The van der Waals surface area contributed by atoms with Crippen LogP contribution in [0.3, 0.4) is 0 Å². The Morgan fingerprint density at radius 2 is 2.12 bits per heavy atom. The minimum Gasteiger partial charge on any atom is -0.384 e. The smallest absolute Gasteiger partial charge is 0.147 e. The molecule has 0 aliphatic heterocycles. The monoisotopic (exact) mass is 251 g/mol. The summed E-state index contributed by atoms with van der Waals surface area (Å²) in [5, 5.41) is 10.7. The predicted molar refractivity (Wildman–Crippen MR) is 64.4 cm³/mol. The molecule has 1 unspecified atom stereocenters. The highest BCUT2D eigenvalue weighted by atomic mass is 35.5. The molecule has 1 atom stereocenters. The van der Waals surface area contributed by atoms with Gasteiger partial charge in [-0.05, 0) is 30.2 Å². The van der Waals surface area contributed by atoms with Gasteiger partial charge in [-0.2, -0.15) is 0 Å². The summed E-state index contributed by atoms with van der Waals surface area (Å²) in [6.07, 6.45) is 1.53. The Hall–Kier alpha value is -1.45. The zero-order valence-corrected chi connectivity index (χ0v) is 9.95. The highest BCUT2D eigenvalue weighted by Gasteiger charge is 2.15. The number of pyridine rings is 1. The van der Waals surface area contributed by atoms with Crippen LogP contribution in [0.1, 0.15) is 22.8 Å². The van der Waals surface area contributed by atoms with Gasteiger partial charge in [0.05, 0.1) is 6.20 Å². The molecular formula is C13H11ClFNO. The third kappa shape index (κ3) is 2.46. The third-order valence-electron chi connectivity index (χ3n) is 2.60.